The molecule has 0 saturated carbocycles. The quantitative estimate of drug-likeness (QED) is 0.516. The van der Waals surface area contributed by atoms with Crippen molar-refractivity contribution in [1.82, 2.24) is 0 Å². The summed E-state index contributed by atoms with van der Waals surface area (Å²) in [7, 11) is 0. The van der Waals surface area contributed by atoms with Crippen LogP contribution in [0, 0.1) is 13.8 Å². The first kappa shape index (κ1) is 15.1. The van der Waals surface area contributed by atoms with E-state index >= 15 is 0 Å². The van der Waals surface area contributed by atoms with Crippen LogP contribution in [0.5, 0.6) is 0 Å². The van der Waals surface area contributed by atoms with Gasteiger partial charge >= 0.3 is 0 Å². The standard InChI is InChI=1S/C20H18.CH4/c1-15-9-11-17(12-10-15)19-7-4-8-20(14-19)18-6-3-5-16(2)13-18;/h3-14H,1-2H3;1H4. The van der Waals surface area contributed by atoms with Gasteiger partial charge < -0.3 is 0 Å². The molecule has 0 radical (unpaired) electrons. The maximum atomic E-state index is 2.26. The Morgan fingerprint density at radius 1 is 0.476 bits per heavy atom. The molecule has 0 amide bonds. The molecule has 0 N–H and O–H groups in total. The van der Waals surface area contributed by atoms with E-state index in [1.165, 1.54) is 33.4 Å². The monoisotopic (exact) mass is 274 g/mol. The fraction of sp³-hybridized carbons (Fsp3) is 0.143. The molecule has 106 valence electrons. The van der Waals surface area contributed by atoms with Gasteiger partial charge in [-0.1, -0.05) is 85.3 Å². The summed E-state index contributed by atoms with van der Waals surface area (Å²) in [5.41, 5.74) is 7.67. The van der Waals surface area contributed by atoms with Crippen LogP contribution >= 0.6 is 0 Å². The van der Waals surface area contributed by atoms with E-state index in [1.807, 2.05) is 0 Å². The fourth-order valence-corrected chi connectivity index (χ4v) is 2.45. The van der Waals surface area contributed by atoms with Crippen LogP contribution in [0.4, 0.5) is 0 Å². The van der Waals surface area contributed by atoms with Crippen LogP contribution in [0.2, 0.25) is 0 Å². The third-order valence-corrected chi connectivity index (χ3v) is 3.60. The second-order valence-electron chi connectivity index (χ2n) is 5.32. The molecule has 0 aliphatic heterocycles. The molecule has 0 heterocycles. The van der Waals surface area contributed by atoms with Crippen molar-refractivity contribution >= 4 is 0 Å². The molecule has 0 saturated heterocycles. The summed E-state index contributed by atoms with van der Waals surface area (Å²) in [6, 6.07) is 26.1. The van der Waals surface area contributed by atoms with Crippen LogP contribution in [0.1, 0.15) is 18.6 Å². The molecule has 0 aliphatic rings. The SMILES string of the molecule is C.Cc1ccc(-c2cccc(-c3cccc(C)c3)c2)cc1. The highest BCUT2D eigenvalue weighted by Crippen LogP contribution is 2.27. The van der Waals surface area contributed by atoms with E-state index in [0.29, 0.717) is 0 Å². The summed E-state index contributed by atoms with van der Waals surface area (Å²) in [6.07, 6.45) is 0. The Bertz CT molecular complexity index is 721. The normalized spacial score (nSPS) is 10.0. The van der Waals surface area contributed by atoms with Gasteiger partial charge in [-0.15, -0.1) is 0 Å². The van der Waals surface area contributed by atoms with Crippen LogP contribution in [0.25, 0.3) is 22.3 Å². The van der Waals surface area contributed by atoms with E-state index in [2.05, 4.69) is 86.6 Å². The van der Waals surface area contributed by atoms with Crippen molar-refractivity contribution in [2.45, 2.75) is 21.3 Å². The van der Waals surface area contributed by atoms with Crippen molar-refractivity contribution in [1.29, 1.82) is 0 Å². The smallest absolute Gasteiger partial charge is 0.0178 e. The van der Waals surface area contributed by atoms with Gasteiger partial charge in [0.15, 0.2) is 0 Å². The highest BCUT2D eigenvalue weighted by Gasteiger charge is 2.01. The van der Waals surface area contributed by atoms with Crippen LogP contribution in [-0.4, -0.2) is 0 Å². The van der Waals surface area contributed by atoms with Gasteiger partial charge in [-0.25, -0.2) is 0 Å². The molecule has 0 aliphatic carbocycles. The molecule has 0 fully saturated rings. The van der Waals surface area contributed by atoms with Gasteiger partial charge in [0.05, 0.1) is 0 Å². The van der Waals surface area contributed by atoms with Crippen molar-refractivity contribution in [2.24, 2.45) is 0 Å². The maximum absolute atomic E-state index is 2.26. The summed E-state index contributed by atoms with van der Waals surface area (Å²) >= 11 is 0. The van der Waals surface area contributed by atoms with Gasteiger partial charge in [0.2, 0.25) is 0 Å². The number of rotatable bonds is 2. The summed E-state index contributed by atoms with van der Waals surface area (Å²) in [5, 5.41) is 0. The predicted octanol–water partition coefficient (Wildman–Crippen LogP) is 6.27. The Labute approximate surface area is 128 Å². The molecule has 0 bridgehead atoms. The summed E-state index contributed by atoms with van der Waals surface area (Å²) in [4.78, 5) is 0. The molecule has 0 nitrogen and oxygen atoms in total. The maximum Gasteiger partial charge on any atom is -0.0178 e. The highest BCUT2D eigenvalue weighted by atomic mass is 14.1. The Morgan fingerprint density at radius 3 is 1.62 bits per heavy atom. The molecule has 0 atom stereocenters. The molecule has 0 unspecified atom stereocenters. The van der Waals surface area contributed by atoms with E-state index in [4.69, 9.17) is 0 Å². The van der Waals surface area contributed by atoms with Crippen LogP contribution in [0.15, 0.2) is 72.8 Å². The number of aryl methyl sites for hydroxylation is 2. The molecular weight excluding hydrogens is 252 g/mol. The zero-order valence-corrected chi connectivity index (χ0v) is 11.9. The second-order valence-corrected chi connectivity index (χ2v) is 5.32. The third kappa shape index (κ3) is 3.41. The van der Waals surface area contributed by atoms with Crippen molar-refractivity contribution in [3.05, 3.63) is 83.9 Å². The summed E-state index contributed by atoms with van der Waals surface area (Å²) in [6.45, 7) is 4.25. The zero-order chi connectivity index (χ0) is 13.9. The number of hydrogen-bond acceptors (Lipinski definition) is 0. The fourth-order valence-electron chi connectivity index (χ4n) is 2.45. The van der Waals surface area contributed by atoms with Crippen molar-refractivity contribution in [3.8, 4) is 22.3 Å². The Kier molecular flexibility index (Phi) is 4.59. The van der Waals surface area contributed by atoms with Crippen molar-refractivity contribution in [2.75, 3.05) is 0 Å². The van der Waals surface area contributed by atoms with Crippen molar-refractivity contribution in [3.63, 3.8) is 0 Å². The molecule has 21 heavy (non-hydrogen) atoms. The highest BCUT2D eigenvalue weighted by molar-refractivity contribution is 5.73. The van der Waals surface area contributed by atoms with Gasteiger partial charge in [-0.2, -0.15) is 0 Å². The minimum Gasteiger partial charge on any atom is -0.0776 e. The van der Waals surface area contributed by atoms with E-state index in [0.717, 1.165) is 0 Å². The van der Waals surface area contributed by atoms with Gasteiger partial charge in [-0.05, 0) is 42.2 Å². The topological polar surface area (TPSA) is 0 Å². The molecule has 0 heteroatoms. The molecule has 3 rings (SSSR count). The van der Waals surface area contributed by atoms with Gasteiger partial charge in [0.25, 0.3) is 0 Å². The molecule has 0 aromatic heterocycles. The van der Waals surface area contributed by atoms with Gasteiger partial charge in [-0.3, -0.25) is 0 Å². The molecular formula is C21H22. The second kappa shape index (κ2) is 6.41. The Hall–Kier alpha value is -2.34. The lowest BCUT2D eigenvalue weighted by Crippen LogP contribution is -1.82. The first-order valence-electron chi connectivity index (χ1n) is 6.96. The number of benzene rings is 3. The Morgan fingerprint density at radius 2 is 1.00 bits per heavy atom. The lowest BCUT2D eigenvalue weighted by atomic mass is 9.98. The van der Waals surface area contributed by atoms with Gasteiger partial charge in [0, 0.05) is 0 Å². The summed E-state index contributed by atoms with van der Waals surface area (Å²) < 4.78 is 0. The van der Waals surface area contributed by atoms with E-state index in [-0.39, 0.29) is 7.43 Å². The van der Waals surface area contributed by atoms with E-state index < -0.39 is 0 Å². The third-order valence-electron chi connectivity index (χ3n) is 3.60. The van der Waals surface area contributed by atoms with Crippen LogP contribution in [0.3, 0.4) is 0 Å². The summed E-state index contributed by atoms with van der Waals surface area (Å²) in [5.74, 6) is 0. The molecule has 0 spiro atoms. The van der Waals surface area contributed by atoms with E-state index in [9.17, 15) is 0 Å². The average molecular weight is 274 g/mol. The first-order chi connectivity index (χ1) is 9.72. The van der Waals surface area contributed by atoms with Crippen LogP contribution < -0.4 is 0 Å². The number of hydrogen-bond donors (Lipinski definition) is 0. The molecule has 3 aromatic carbocycles. The van der Waals surface area contributed by atoms with Crippen LogP contribution in [-0.2, 0) is 0 Å². The Balaban J connectivity index is 0.00000161. The molecule has 3 aromatic rings. The van der Waals surface area contributed by atoms with Crippen molar-refractivity contribution < 1.29 is 0 Å². The zero-order valence-electron chi connectivity index (χ0n) is 11.9. The van der Waals surface area contributed by atoms with Gasteiger partial charge in [0.1, 0.15) is 0 Å². The minimum atomic E-state index is 0. The lowest BCUT2D eigenvalue weighted by molar-refractivity contribution is 1.46. The first-order valence-corrected chi connectivity index (χ1v) is 6.96. The lowest BCUT2D eigenvalue weighted by Gasteiger charge is -2.07. The largest absolute Gasteiger partial charge is 0.0776 e. The average Bonchev–Trinajstić information content (AvgIpc) is 2.48. The minimum absolute atomic E-state index is 0. The van der Waals surface area contributed by atoms with E-state index in [1.54, 1.807) is 0 Å². The predicted molar refractivity (Wildman–Crippen MR) is 93.5 cm³/mol.